The second kappa shape index (κ2) is 9.39. The number of nitriles is 1. The quantitative estimate of drug-likeness (QED) is 0.658. The lowest BCUT2D eigenvalue weighted by Crippen LogP contribution is -2.48. The Morgan fingerprint density at radius 1 is 1.12 bits per heavy atom. The van der Waals surface area contributed by atoms with Crippen molar-refractivity contribution in [2.75, 3.05) is 13.2 Å². The molecule has 0 bridgehead atoms. The van der Waals surface area contributed by atoms with Crippen molar-refractivity contribution in [1.82, 2.24) is 0 Å². The van der Waals surface area contributed by atoms with Crippen LogP contribution in [0.1, 0.15) is 71.6 Å². The number of unbranched alkanes of at least 4 members (excludes halogenated alkanes) is 1. The van der Waals surface area contributed by atoms with Crippen molar-refractivity contribution in [2.45, 2.75) is 84.0 Å². The molecule has 2 rings (SSSR count). The number of hydrogen-bond acceptors (Lipinski definition) is 5. The predicted molar refractivity (Wildman–Crippen MR) is 90.0 cm³/mol. The molecule has 0 N–H and O–H groups in total. The van der Waals surface area contributed by atoms with Crippen LogP contribution in [0.2, 0.25) is 0 Å². The van der Waals surface area contributed by atoms with Gasteiger partial charge in [0.15, 0.2) is 6.29 Å². The number of nitrogens with zero attached hydrogens (tertiary/aromatic N) is 1. The maximum Gasteiger partial charge on any atom is 0.331 e. The van der Waals surface area contributed by atoms with Gasteiger partial charge in [-0.15, -0.1) is 0 Å². The first kappa shape index (κ1) is 19.2. The molecular weight excluding hydrogens is 306 g/mol. The molecule has 0 unspecified atom stereocenters. The number of esters is 1. The van der Waals surface area contributed by atoms with Crippen LogP contribution in [-0.4, -0.2) is 31.6 Å². The van der Waals surface area contributed by atoms with E-state index in [1.807, 2.05) is 6.92 Å². The second-order valence-corrected chi connectivity index (χ2v) is 7.22. The van der Waals surface area contributed by atoms with Crippen LogP contribution in [0.25, 0.3) is 0 Å². The average molecular weight is 337 g/mol. The van der Waals surface area contributed by atoms with E-state index in [4.69, 9.17) is 14.2 Å². The molecule has 0 aromatic rings. The molecule has 2 aliphatic rings. The van der Waals surface area contributed by atoms with E-state index < -0.39 is 11.4 Å². The standard InChI is InChI=1S/C19H31NO4/c1-3-5-7-15-8-10-16(11-9-15)24-18(21)19(12-20)13-22-17(6-4-2)23-14-19/h15-17H,3-11,13-14H2,1-2H3/t15?,16?,17-,19+. The summed E-state index contributed by atoms with van der Waals surface area (Å²) < 4.78 is 16.8. The fraction of sp³-hybridized carbons (Fsp3) is 0.895. The molecule has 0 amide bonds. The van der Waals surface area contributed by atoms with Gasteiger partial charge in [-0.1, -0.05) is 39.5 Å². The van der Waals surface area contributed by atoms with Gasteiger partial charge in [0, 0.05) is 0 Å². The summed E-state index contributed by atoms with van der Waals surface area (Å²) in [7, 11) is 0. The van der Waals surface area contributed by atoms with Crippen LogP contribution in [0.5, 0.6) is 0 Å². The number of carbonyl (C=O) groups excluding carboxylic acids is 1. The van der Waals surface area contributed by atoms with Gasteiger partial charge in [0.05, 0.1) is 19.3 Å². The summed E-state index contributed by atoms with van der Waals surface area (Å²) in [6, 6.07) is 2.08. The monoisotopic (exact) mass is 337 g/mol. The van der Waals surface area contributed by atoms with Crippen LogP contribution < -0.4 is 0 Å². The van der Waals surface area contributed by atoms with Crippen molar-refractivity contribution in [3.8, 4) is 6.07 Å². The van der Waals surface area contributed by atoms with Gasteiger partial charge in [-0.05, 0) is 38.0 Å². The molecule has 1 heterocycles. The summed E-state index contributed by atoms with van der Waals surface area (Å²) in [6.07, 6.45) is 9.18. The van der Waals surface area contributed by atoms with Crippen LogP contribution in [0, 0.1) is 22.7 Å². The van der Waals surface area contributed by atoms with Crippen molar-refractivity contribution in [3.05, 3.63) is 0 Å². The van der Waals surface area contributed by atoms with Crippen LogP contribution in [-0.2, 0) is 19.0 Å². The lowest BCUT2D eigenvalue weighted by atomic mass is 9.84. The lowest BCUT2D eigenvalue weighted by Gasteiger charge is -2.35. The molecule has 1 saturated carbocycles. The number of rotatable bonds is 7. The number of hydrogen-bond donors (Lipinski definition) is 0. The highest BCUT2D eigenvalue weighted by molar-refractivity contribution is 5.80. The van der Waals surface area contributed by atoms with Crippen LogP contribution >= 0.6 is 0 Å². The minimum absolute atomic E-state index is 0.0611. The summed E-state index contributed by atoms with van der Waals surface area (Å²) >= 11 is 0. The van der Waals surface area contributed by atoms with E-state index >= 15 is 0 Å². The van der Waals surface area contributed by atoms with Gasteiger partial charge in [0.2, 0.25) is 5.41 Å². The molecular formula is C19H31NO4. The Labute approximate surface area is 145 Å². The van der Waals surface area contributed by atoms with E-state index in [2.05, 4.69) is 13.0 Å². The minimum atomic E-state index is -1.30. The highest BCUT2D eigenvalue weighted by Gasteiger charge is 2.46. The molecule has 0 radical (unpaired) electrons. The summed E-state index contributed by atoms with van der Waals surface area (Å²) in [5.74, 6) is 0.290. The van der Waals surface area contributed by atoms with Gasteiger partial charge in [-0.2, -0.15) is 5.26 Å². The Bertz CT molecular complexity index is 429. The van der Waals surface area contributed by atoms with Crippen molar-refractivity contribution in [2.24, 2.45) is 11.3 Å². The third kappa shape index (κ3) is 4.94. The molecule has 136 valence electrons. The molecule has 5 heteroatoms. The topological polar surface area (TPSA) is 68.6 Å². The van der Waals surface area contributed by atoms with Crippen molar-refractivity contribution in [3.63, 3.8) is 0 Å². The molecule has 0 atom stereocenters. The Balaban J connectivity index is 1.80. The second-order valence-electron chi connectivity index (χ2n) is 7.22. The van der Waals surface area contributed by atoms with Crippen LogP contribution in [0.15, 0.2) is 0 Å². The van der Waals surface area contributed by atoms with Gasteiger partial charge in [-0.25, -0.2) is 0 Å². The van der Waals surface area contributed by atoms with Crippen molar-refractivity contribution >= 4 is 5.97 Å². The summed E-state index contributed by atoms with van der Waals surface area (Å²) in [6.45, 7) is 4.40. The first-order valence-corrected chi connectivity index (χ1v) is 9.49. The Morgan fingerprint density at radius 3 is 2.33 bits per heavy atom. The van der Waals surface area contributed by atoms with Gasteiger partial charge in [0.1, 0.15) is 6.10 Å². The fourth-order valence-electron chi connectivity index (χ4n) is 3.49. The minimum Gasteiger partial charge on any atom is -0.461 e. The Kier molecular flexibility index (Phi) is 7.51. The summed E-state index contributed by atoms with van der Waals surface area (Å²) in [5.41, 5.74) is -1.30. The molecule has 0 aromatic carbocycles. The van der Waals surface area contributed by atoms with E-state index in [1.165, 1.54) is 19.3 Å². The maximum atomic E-state index is 12.5. The Morgan fingerprint density at radius 2 is 1.79 bits per heavy atom. The third-order valence-electron chi connectivity index (χ3n) is 5.19. The molecule has 2 fully saturated rings. The fourth-order valence-corrected chi connectivity index (χ4v) is 3.49. The zero-order valence-electron chi connectivity index (χ0n) is 15.1. The largest absolute Gasteiger partial charge is 0.461 e. The van der Waals surface area contributed by atoms with Gasteiger partial charge in [0.25, 0.3) is 0 Å². The predicted octanol–water partition coefficient (Wildman–Crippen LogP) is 3.96. The lowest BCUT2D eigenvalue weighted by molar-refractivity contribution is -0.228. The molecule has 1 saturated heterocycles. The number of ether oxygens (including phenoxy) is 3. The Hall–Kier alpha value is -1.12. The van der Waals surface area contributed by atoms with E-state index in [0.29, 0.717) is 0 Å². The first-order valence-electron chi connectivity index (χ1n) is 9.49. The van der Waals surface area contributed by atoms with E-state index in [0.717, 1.165) is 44.4 Å². The average Bonchev–Trinajstić information content (AvgIpc) is 2.62. The van der Waals surface area contributed by atoms with Crippen molar-refractivity contribution in [1.29, 1.82) is 5.26 Å². The smallest absolute Gasteiger partial charge is 0.331 e. The van der Waals surface area contributed by atoms with Gasteiger partial charge >= 0.3 is 5.97 Å². The van der Waals surface area contributed by atoms with Crippen LogP contribution in [0.3, 0.4) is 0 Å². The molecule has 1 aliphatic heterocycles. The van der Waals surface area contributed by atoms with E-state index in [9.17, 15) is 10.1 Å². The van der Waals surface area contributed by atoms with Gasteiger partial charge in [-0.3, -0.25) is 4.79 Å². The molecule has 24 heavy (non-hydrogen) atoms. The molecule has 0 spiro atoms. The maximum absolute atomic E-state index is 12.5. The number of carbonyl (C=O) groups is 1. The van der Waals surface area contributed by atoms with Crippen LogP contribution in [0.4, 0.5) is 0 Å². The zero-order chi connectivity index (χ0) is 17.4. The highest BCUT2D eigenvalue weighted by atomic mass is 16.7. The van der Waals surface area contributed by atoms with E-state index in [1.54, 1.807) is 0 Å². The highest BCUT2D eigenvalue weighted by Crippen LogP contribution is 2.33. The van der Waals surface area contributed by atoms with Gasteiger partial charge < -0.3 is 14.2 Å². The first-order chi connectivity index (χ1) is 11.6. The zero-order valence-corrected chi connectivity index (χ0v) is 15.1. The molecule has 1 aliphatic carbocycles. The molecule has 5 nitrogen and oxygen atoms in total. The summed E-state index contributed by atoms with van der Waals surface area (Å²) in [5, 5.41) is 9.49. The SMILES string of the molecule is CCCCC1CCC(OC(=O)[C@]2(C#N)CO[C@H](CCC)OC2)CC1. The summed E-state index contributed by atoms with van der Waals surface area (Å²) in [4.78, 5) is 12.5. The third-order valence-corrected chi connectivity index (χ3v) is 5.19. The molecule has 0 aromatic heterocycles. The van der Waals surface area contributed by atoms with E-state index in [-0.39, 0.29) is 25.6 Å². The van der Waals surface area contributed by atoms with Crippen molar-refractivity contribution < 1.29 is 19.0 Å². The normalized spacial score (nSPS) is 33.6.